The van der Waals surface area contributed by atoms with Crippen LogP contribution in [0.4, 0.5) is 0 Å². The number of benzene rings is 1. The highest BCUT2D eigenvalue weighted by atomic mass is 32.2. The van der Waals surface area contributed by atoms with Gasteiger partial charge in [0.2, 0.25) is 15.8 Å². The minimum atomic E-state index is -3.58. The van der Waals surface area contributed by atoms with Gasteiger partial charge in [-0.3, -0.25) is 14.5 Å². The molecule has 2 aromatic rings. The Morgan fingerprint density at radius 3 is 2.19 bits per heavy atom. The molecule has 2 saturated heterocycles. The van der Waals surface area contributed by atoms with Crippen LogP contribution in [0.15, 0.2) is 52.0 Å². The predicted octanol–water partition coefficient (Wildman–Crippen LogP) is 0.941. The summed E-state index contributed by atoms with van der Waals surface area (Å²) in [5, 5.41) is 0. The van der Waals surface area contributed by atoms with E-state index in [0.717, 1.165) is 0 Å². The van der Waals surface area contributed by atoms with Crippen molar-refractivity contribution < 1.29 is 27.2 Å². The molecule has 4 rings (SSSR count). The van der Waals surface area contributed by atoms with E-state index in [9.17, 15) is 18.0 Å². The number of nitrogens with zero attached hydrogens (tertiary/aromatic N) is 3. The second kappa shape index (κ2) is 9.31. The Kier molecular flexibility index (Phi) is 6.51. The first kappa shape index (κ1) is 21.7. The minimum absolute atomic E-state index is 0.0816. The van der Waals surface area contributed by atoms with Gasteiger partial charge in [0, 0.05) is 44.8 Å². The zero-order valence-corrected chi connectivity index (χ0v) is 17.9. The summed E-state index contributed by atoms with van der Waals surface area (Å²) in [4.78, 5) is 28.9. The fourth-order valence-electron chi connectivity index (χ4n) is 3.72. The van der Waals surface area contributed by atoms with Crippen LogP contribution in [0, 0.1) is 0 Å². The van der Waals surface area contributed by atoms with Gasteiger partial charge in [-0.2, -0.15) is 4.31 Å². The summed E-state index contributed by atoms with van der Waals surface area (Å²) in [6.45, 7) is 3.85. The number of ether oxygens (including phenoxy) is 1. The number of ketones is 1. The van der Waals surface area contributed by atoms with Crippen LogP contribution in [-0.2, 0) is 14.8 Å². The van der Waals surface area contributed by atoms with Crippen LogP contribution in [0.5, 0.6) is 0 Å². The lowest BCUT2D eigenvalue weighted by atomic mass is 10.1. The van der Waals surface area contributed by atoms with Gasteiger partial charge in [-0.1, -0.05) is 0 Å². The monoisotopic (exact) mass is 447 g/mol. The number of carbonyl (C=O) groups excluding carboxylic acids is 2. The van der Waals surface area contributed by atoms with Crippen molar-refractivity contribution in [2.24, 2.45) is 0 Å². The Morgan fingerprint density at radius 2 is 1.58 bits per heavy atom. The first-order valence-corrected chi connectivity index (χ1v) is 11.7. The third kappa shape index (κ3) is 4.87. The molecule has 3 heterocycles. The summed E-state index contributed by atoms with van der Waals surface area (Å²) in [6, 6.07) is 9.41. The van der Waals surface area contributed by atoms with Crippen molar-refractivity contribution in [2.75, 3.05) is 59.0 Å². The maximum absolute atomic E-state index is 12.8. The molecule has 1 aromatic heterocycles. The Morgan fingerprint density at radius 1 is 0.903 bits per heavy atom. The van der Waals surface area contributed by atoms with Gasteiger partial charge < -0.3 is 14.1 Å². The number of rotatable bonds is 6. The number of sulfonamides is 1. The van der Waals surface area contributed by atoms with Crippen LogP contribution >= 0.6 is 0 Å². The Balaban J connectivity index is 1.33. The largest absolute Gasteiger partial charge is 0.461 e. The van der Waals surface area contributed by atoms with Crippen LogP contribution < -0.4 is 0 Å². The molecule has 10 heteroatoms. The molecular formula is C21H25N3O6S. The Labute approximate surface area is 181 Å². The fourth-order valence-corrected chi connectivity index (χ4v) is 5.12. The molecule has 0 aliphatic carbocycles. The second-order valence-corrected chi connectivity index (χ2v) is 9.45. The van der Waals surface area contributed by atoms with Crippen molar-refractivity contribution in [1.29, 1.82) is 0 Å². The molecule has 0 atom stereocenters. The quantitative estimate of drug-likeness (QED) is 0.608. The van der Waals surface area contributed by atoms with Gasteiger partial charge in [-0.15, -0.1) is 0 Å². The average Bonchev–Trinajstić information content (AvgIpc) is 3.35. The maximum atomic E-state index is 12.8. The van der Waals surface area contributed by atoms with Crippen molar-refractivity contribution in [3.8, 4) is 0 Å². The lowest BCUT2D eigenvalue weighted by Crippen LogP contribution is -2.49. The van der Waals surface area contributed by atoms with Crippen LogP contribution in [0.2, 0.25) is 0 Å². The summed E-state index contributed by atoms with van der Waals surface area (Å²) in [6.07, 6.45) is 1.47. The minimum Gasteiger partial charge on any atom is -0.461 e. The molecule has 0 unspecified atom stereocenters. The average molecular weight is 448 g/mol. The van der Waals surface area contributed by atoms with Gasteiger partial charge in [0.05, 0.1) is 30.9 Å². The lowest BCUT2D eigenvalue weighted by molar-refractivity contribution is 0.0620. The van der Waals surface area contributed by atoms with E-state index in [1.165, 1.54) is 22.7 Å². The molecular weight excluding hydrogens is 422 g/mol. The highest BCUT2D eigenvalue weighted by Gasteiger charge is 2.28. The molecule has 166 valence electrons. The van der Waals surface area contributed by atoms with Crippen LogP contribution in [0.3, 0.4) is 0 Å². The summed E-state index contributed by atoms with van der Waals surface area (Å²) >= 11 is 0. The van der Waals surface area contributed by atoms with E-state index in [4.69, 9.17) is 9.15 Å². The Hall–Kier alpha value is -2.53. The number of furan rings is 1. The van der Waals surface area contributed by atoms with Gasteiger partial charge in [0.1, 0.15) is 0 Å². The molecule has 0 radical (unpaired) electrons. The topological polar surface area (TPSA) is 100 Å². The third-order valence-electron chi connectivity index (χ3n) is 5.53. The number of carbonyl (C=O) groups is 2. The molecule has 0 spiro atoms. The molecule has 0 bridgehead atoms. The number of morpholine rings is 1. The van der Waals surface area contributed by atoms with Gasteiger partial charge >= 0.3 is 0 Å². The summed E-state index contributed by atoms with van der Waals surface area (Å²) in [5.74, 6) is 0.111. The number of amides is 1. The van der Waals surface area contributed by atoms with E-state index in [0.29, 0.717) is 63.8 Å². The Bertz CT molecular complexity index is 1010. The smallest absolute Gasteiger partial charge is 0.253 e. The first-order valence-electron chi connectivity index (χ1n) is 10.2. The second-order valence-electron chi connectivity index (χ2n) is 7.51. The number of piperazine rings is 1. The molecule has 0 saturated carbocycles. The van der Waals surface area contributed by atoms with Crippen molar-refractivity contribution in [1.82, 2.24) is 14.1 Å². The highest BCUT2D eigenvalue weighted by Crippen LogP contribution is 2.19. The standard InChI is InChI=1S/C21H25N3O6S/c25-19(20-2-1-13-30-20)16-22-7-9-23(10-8-22)21(26)17-3-5-18(6-4-17)31(27,28)24-11-14-29-15-12-24/h1-6,13H,7-12,14-16H2. The maximum Gasteiger partial charge on any atom is 0.253 e. The molecule has 1 amide bonds. The van der Waals surface area contributed by atoms with Crippen molar-refractivity contribution >= 4 is 21.7 Å². The van der Waals surface area contributed by atoms with E-state index < -0.39 is 10.0 Å². The van der Waals surface area contributed by atoms with Crippen molar-refractivity contribution in [2.45, 2.75) is 4.90 Å². The zero-order valence-electron chi connectivity index (χ0n) is 17.1. The van der Waals surface area contributed by atoms with Gasteiger partial charge in [0.25, 0.3) is 5.91 Å². The highest BCUT2D eigenvalue weighted by molar-refractivity contribution is 7.89. The van der Waals surface area contributed by atoms with E-state index >= 15 is 0 Å². The normalized spacial score (nSPS) is 18.8. The van der Waals surface area contributed by atoms with Crippen molar-refractivity contribution in [3.05, 3.63) is 54.0 Å². The molecule has 9 nitrogen and oxygen atoms in total. The van der Waals surface area contributed by atoms with Crippen molar-refractivity contribution in [3.63, 3.8) is 0 Å². The summed E-state index contributed by atoms with van der Waals surface area (Å²) in [5.41, 5.74) is 0.445. The molecule has 0 N–H and O–H groups in total. The SMILES string of the molecule is O=C(CN1CCN(C(=O)c2ccc(S(=O)(=O)N3CCOCC3)cc2)CC1)c1ccco1. The van der Waals surface area contributed by atoms with E-state index in [1.807, 2.05) is 4.90 Å². The summed E-state index contributed by atoms with van der Waals surface area (Å²) in [7, 11) is -3.58. The number of Topliss-reactive ketones (excluding diaryl/α,β-unsaturated/α-hetero) is 1. The molecule has 1 aromatic carbocycles. The van der Waals surface area contributed by atoms with Gasteiger partial charge in [0.15, 0.2) is 5.76 Å². The number of hydrogen-bond acceptors (Lipinski definition) is 7. The fraction of sp³-hybridized carbons (Fsp3) is 0.429. The molecule has 2 aliphatic heterocycles. The third-order valence-corrected chi connectivity index (χ3v) is 7.44. The lowest BCUT2D eigenvalue weighted by Gasteiger charge is -2.34. The molecule has 31 heavy (non-hydrogen) atoms. The van der Waals surface area contributed by atoms with Gasteiger partial charge in [-0.25, -0.2) is 8.42 Å². The number of hydrogen-bond donors (Lipinski definition) is 0. The van der Waals surface area contributed by atoms with E-state index in [2.05, 4.69) is 0 Å². The van der Waals surface area contributed by atoms with E-state index in [1.54, 1.807) is 29.2 Å². The molecule has 2 fully saturated rings. The van der Waals surface area contributed by atoms with E-state index in [-0.39, 0.29) is 23.1 Å². The zero-order chi connectivity index (χ0) is 21.8. The van der Waals surface area contributed by atoms with Gasteiger partial charge in [-0.05, 0) is 36.4 Å². The molecule has 2 aliphatic rings. The van der Waals surface area contributed by atoms with Crippen LogP contribution in [0.25, 0.3) is 0 Å². The van der Waals surface area contributed by atoms with Crippen LogP contribution in [-0.4, -0.2) is 93.2 Å². The predicted molar refractivity (Wildman–Crippen MR) is 111 cm³/mol. The first-order chi connectivity index (χ1) is 14.9. The van der Waals surface area contributed by atoms with Crippen LogP contribution in [0.1, 0.15) is 20.9 Å². The summed E-state index contributed by atoms with van der Waals surface area (Å²) < 4.78 is 37.2.